The highest BCUT2D eigenvalue weighted by Crippen LogP contribution is 2.26. The number of piperazine rings is 1. The molecule has 6 nitrogen and oxygen atoms in total. The third-order valence-corrected chi connectivity index (χ3v) is 6.33. The van der Waals surface area contributed by atoms with Gasteiger partial charge in [-0.1, -0.05) is 32.9 Å². The Balaban J connectivity index is 1.68. The molecule has 0 aliphatic carbocycles. The molecule has 1 aliphatic heterocycles. The molecule has 1 fully saturated rings. The summed E-state index contributed by atoms with van der Waals surface area (Å²) >= 11 is 0. The van der Waals surface area contributed by atoms with Crippen molar-refractivity contribution in [3.8, 4) is 0 Å². The van der Waals surface area contributed by atoms with E-state index in [2.05, 4.69) is 17.1 Å². The fraction of sp³-hybridized carbons (Fsp3) is 0.407. The number of amides is 2. The number of rotatable bonds is 7. The molecule has 2 heterocycles. The van der Waals surface area contributed by atoms with Crippen LogP contribution in [0.2, 0.25) is 0 Å². The van der Waals surface area contributed by atoms with Crippen LogP contribution in [-0.4, -0.2) is 58.9 Å². The third-order valence-electron chi connectivity index (χ3n) is 6.33. The summed E-state index contributed by atoms with van der Waals surface area (Å²) in [4.78, 5) is 30.1. The van der Waals surface area contributed by atoms with Crippen LogP contribution in [0.4, 0.5) is 10.1 Å². The molecule has 180 valence electrons. The molecule has 34 heavy (non-hydrogen) atoms. The summed E-state index contributed by atoms with van der Waals surface area (Å²) in [6, 6.07) is 14.0. The molecule has 0 unspecified atom stereocenters. The average Bonchev–Trinajstić information content (AvgIpc) is 3.15. The highest BCUT2D eigenvalue weighted by molar-refractivity contribution is 6.00. The maximum Gasteiger partial charge on any atom is 0.270 e. The molecule has 2 aromatic carbocycles. The number of likely N-dealkylation sites (N-methyl/N-ethyl adjacent to an activating group) is 1. The second kappa shape index (κ2) is 10.4. The average molecular weight is 465 g/mol. The first-order valence-corrected chi connectivity index (χ1v) is 12.0. The van der Waals surface area contributed by atoms with Crippen LogP contribution < -0.4 is 5.32 Å². The standard InChI is InChI=1S/C27H33FN4O2/c1-4-30-10-12-31(13-11-30)27(34)25-17-21-16-23(29-26(33)14-19(2)3)8-9-24(21)32(25)18-20-6-5-7-22(28)15-20/h5-9,15-17,19H,4,10-14,18H2,1-3H3,(H,29,33). The van der Waals surface area contributed by atoms with Gasteiger partial charge in [-0.2, -0.15) is 0 Å². The molecule has 4 rings (SSSR count). The molecule has 7 heteroatoms. The lowest BCUT2D eigenvalue weighted by Gasteiger charge is -2.34. The highest BCUT2D eigenvalue weighted by Gasteiger charge is 2.25. The Morgan fingerprint density at radius 3 is 2.47 bits per heavy atom. The molecular weight excluding hydrogens is 431 g/mol. The fourth-order valence-corrected chi connectivity index (χ4v) is 4.53. The maximum absolute atomic E-state index is 13.9. The minimum atomic E-state index is -0.298. The summed E-state index contributed by atoms with van der Waals surface area (Å²) in [6.07, 6.45) is 0.450. The van der Waals surface area contributed by atoms with Gasteiger partial charge in [0.1, 0.15) is 11.5 Å². The van der Waals surface area contributed by atoms with Crippen molar-refractivity contribution in [2.45, 2.75) is 33.7 Å². The lowest BCUT2D eigenvalue weighted by atomic mass is 10.1. The van der Waals surface area contributed by atoms with Crippen LogP contribution in [0.15, 0.2) is 48.5 Å². The lowest BCUT2D eigenvalue weighted by molar-refractivity contribution is -0.116. The van der Waals surface area contributed by atoms with Gasteiger partial charge in [-0.25, -0.2) is 4.39 Å². The number of nitrogens with zero attached hydrogens (tertiary/aromatic N) is 3. The van der Waals surface area contributed by atoms with Gasteiger partial charge in [0, 0.05) is 55.7 Å². The maximum atomic E-state index is 13.9. The number of halogens is 1. The first-order chi connectivity index (χ1) is 16.3. The van der Waals surface area contributed by atoms with Crippen molar-refractivity contribution in [1.82, 2.24) is 14.4 Å². The predicted molar refractivity (Wildman–Crippen MR) is 134 cm³/mol. The van der Waals surface area contributed by atoms with E-state index in [-0.39, 0.29) is 23.5 Å². The van der Waals surface area contributed by atoms with Crippen LogP contribution in [-0.2, 0) is 11.3 Å². The van der Waals surface area contributed by atoms with Gasteiger partial charge in [0.2, 0.25) is 5.91 Å². The number of fused-ring (bicyclic) bond motifs is 1. The number of hydrogen-bond acceptors (Lipinski definition) is 3. The Hall–Kier alpha value is -3.19. The van der Waals surface area contributed by atoms with E-state index in [0.29, 0.717) is 37.4 Å². The number of carbonyl (C=O) groups excluding carboxylic acids is 2. The summed E-state index contributed by atoms with van der Waals surface area (Å²) in [5.74, 6) is -0.0754. The van der Waals surface area contributed by atoms with E-state index >= 15 is 0 Å². The molecule has 1 N–H and O–H groups in total. The first kappa shape index (κ1) is 24.0. The minimum Gasteiger partial charge on any atom is -0.335 e. The molecule has 3 aromatic rings. The number of hydrogen-bond donors (Lipinski definition) is 1. The molecule has 1 saturated heterocycles. The van der Waals surface area contributed by atoms with Crippen molar-refractivity contribution in [3.05, 3.63) is 65.6 Å². The first-order valence-electron chi connectivity index (χ1n) is 12.0. The van der Waals surface area contributed by atoms with E-state index in [0.717, 1.165) is 36.1 Å². The second-order valence-electron chi connectivity index (χ2n) is 9.39. The van der Waals surface area contributed by atoms with Gasteiger partial charge in [0.25, 0.3) is 5.91 Å². The molecular formula is C27H33FN4O2. The van der Waals surface area contributed by atoms with Crippen LogP contribution in [0.3, 0.4) is 0 Å². The normalized spacial score (nSPS) is 14.7. The predicted octanol–water partition coefficient (Wildman–Crippen LogP) is 4.59. The number of nitrogens with one attached hydrogen (secondary N) is 1. The summed E-state index contributed by atoms with van der Waals surface area (Å²) < 4.78 is 15.8. The molecule has 0 radical (unpaired) electrons. The monoisotopic (exact) mass is 464 g/mol. The van der Waals surface area contributed by atoms with Crippen LogP contribution in [0, 0.1) is 11.7 Å². The molecule has 0 bridgehead atoms. The van der Waals surface area contributed by atoms with E-state index < -0.39 is 0 Å². The van der Waals surface area contributed by atoms with Crippen molar-refractivity contribution in [1.29, 1.82) is 0 Å². The molecule has 1 aromatic heterocycles. The topological polar surface area (TPSA) is 57.6 Å². The van der Waals surface area contributed by atoms with Crippen molar-refractivity contribution in [2.75, 3.05) is 38.0 Å². The number of aromatic nitrogens is 1. The van der Waals surface area contributed by atoms with Gasteiger partial charge < -0.3 is 19.7 Å². The minimum absolute atomic E-state index is 0.0197. The van der Waals surface area contributed by atoms with Gasteiger partial charge in [-0.15, -0.1) is 0 Å². The summed E-state index contributed by atoms with van der Waals surface area (Å²) in [6.45, 7) is 10.6. The highest BCUT2D eigenvalue weighted by atomic mass is 19.1. The summed E-state index contributed by atoms with van der Waals surface area (Å²) in [5.41, 5.74) is 2.95. The Labute approximate surface area is 200 Å². The summed E-state index contributed by atoms with van der Waals surface area (Å²) in [5, 5.41) is 3.83. The van der Waals surface area contributed by atoms with Crippen molar-refractivity contribution >= 4 is 28.4 Å². The van der Waals surface area contributed by atoms with Gasteiger partial charge >= 0.3 is 0 Å². The Bertz CT molecular complexity index is 1180. The summed E-state index contributed by atoms with van der Waals surface area (Å²) in [7, 11) is 0. The quantitative estimate of drug-likeness (QED) is 0.556. The van der Waals surface area contributed by atoms with Crippen LogP contribution in [0.1, 0.15) is 43.2 Å². The van der Waals surface area contributed by atoms with Crippen LogP contribution in [0.5, 0.6) is 0 Å². The zero-order valence-electron chi connectivity index (χ0n) is 20.2. The third kappa shape index (κ3) is 5.47. The van der Waals surface area contributed by atoms with Crippen LogP contribution >= 0.6 is 0 Å². The Morgan fingerprint density at radius 2 is 1.79 bits per heavy atom. The SMILES string of the molecule is CCN1CCN(C(=O)c2cc3cc(NC(=O)CC(C)C)ccc3n2Cc2cccc(F)c2)CC1. The van der Waals surface area contributed by atoms with Crippen LogP contribution in [0.25, 0.3) is 10.9 Å². The van der Waals surface area contributed by atoms with E-state index in [1.54, 1.807) is 6.07 Å². The Morgan fingerprint density at radius 1 is 1.03 bits per heavy atom. The van der Waals surface area contributed by atoms with Gasteiger partial charge in [-0.05, 0) is 54.4 Å². The van der Waals surface area contributed by atoms with Gasteiger partial charge in [0.05, 0.1) is 0 Å². The molecule has 2 amide bonds. The largest absolute Gasteiger partial charge is 0.335 e. The molecule has 0 spiro atoms. The number of benzene rings is 2. The van der Waals surface area contributed by atoms with E-state index in [1.807, 2.05) is 53.6 Å². The smallest absolute Gasteiger partial charge is 0.270 e. The van der Waals surface area contributed by atoms with Crippen molar-refractivity contribution in [2.24, 2.45) is 5.92 Å². The molecule has 0 atom stereocenters. The van der Waals surface area contributed by atoms with Crippen molar-refractivity contribution < 1.29 is 14.0 Å². The zero-order valence-corrected chi connectivity index (χ0v) is 20.2. The van der Waals surface area contributed by atoms with E-state index in [4.69, 9.17) is 0 Å². The van der Waals surface area contributed by atoms with E-state index in [1.165, 1.54) is 12.1 Å². The number of carbonyl (C=O) groups is 2. The molecule has 1 aliphatic rings. The fourth-order valence-electron chi connectivity index (χ4n) is 4.53. The van der Waals surface area contributed by atoms with Gasteiger partial charge in [-0.3, -0.25) is 9.59 Å². The Kier molecular flexibility index (Phi) is 7.32. The van der Waals surface area contributed by atoms with E-state index in [9.17, 15) is 14.0 Å². The molecule has 0 saturated carbocycles. The zero-order chi connectivity index (χ0) is 24.2. The van der Waals surface area contributed by atoms with Crippen molar-refractivity contribution in [3.63, 3.8) is 0 Å². The number of anilines is 1. The lowest BCUT2D eigenvalue weighted by Crippen LogP contribution is -2.48. The second-order valence-corrected chi connectivity index (χ2v) is 9.39. The van der Waals surface area contributed by atoms with Gasteiger partial charge in [0.15, 0.2) is 0 Å².